The smallest absolute Gasteiger partial charge is 0.252 e. The second-order valence-corrected chi connectivity index (χ2v) is 8.65. The minimum atomic E-state index is -1.11. The number of methoxy groups -OCH3 is 1. The van der Waals surface area contributed by atoms with Crippen molar-refractivity contribution in [3.05, 3.63) is 87.9 Å². The van der Waals surface area contributed by atoms with E-state index in [2.05, 4.69) is 10.6 Å². The zero-order valence-electron chi connectivity index (χ0n) is 18.4. The van der Waals surface area contributed by atoms with Crippen LogP contribution in [0.15, 0.2) is 66.7 Å². The van der Waals surface area contributed by atoms with E-state index in [0.29, 0.717) is 39.4 Å². The molecule has 8 heteroatoms. The second-order valence-electron chi connectivity index (χ2n) is 7.81. The number of halogens is 2. The van der Waals surface area contributed by atoms with Gasteiger partial charge in [0.2, 0.25) is 5.91 Å². The number of amides is 2. The van der Waals surface area contributed by atoms with Gasteiger partial charge in [-0.1, -0.05) is 35.3 Å². The molecule has 3 aromatic carbocycles. The van der Waals surface area contributed by atoms with Gasteiger partial charge in [-0.3, -0.25) is 9.59 Å². The van der Waals surface area contributed by atoms with Crippen molar-refractivity contribution in [3.8, 4) is 17.2 Å². The molecule has 33 heavy (non-hydrogen) atoms. The minimum absolute atomic E-state index is 0.294. The first kappa shape index (κ1) is 24.4. The third-order valence-electron chi connectivity index (χ3n) is 4.84. The van der Waals surface area contributed by atoms with Gasteiger partial charge in [-0.25, -0.2) is 0 Å². The molecule has 0 radical (unpaired) electrons. The van der Waals surface area contributed by atoms with Crippen molar-refractivity contribution >= 4 is 35.0 Å². The summed E-state index contributed by atoms with van der Waals surface area (Å²) in [7, 11) is 1.57. The highest BCUT2D eigenvalue weighted by molar-refractivity contribution is 6.32. The van der Waals surface area contributed by atoms with Gasteiger partial charge in [0, 0.05) is 23.2 Å². The number of carbonyl (C=O) groups is 2. The van der Waals surface area contributed by atoms with Crippen LogP contribution >= 0.6 is 23.2 Å². The van der Waals surface area contributed by atoms with Crippen molar-refractivity contribution in [1.82, 2.24) is 10.6 Å². The van der Waals surface area contributed by atoms with Crippen LogP contribution < -0.4 is 20.1 Å². The Bertz CT molecular complexity index is 1130. The molecule has 6 nitrogen and oxygen atoms in total. The van der Waals surface area contributed by atoms with Gasteiger partial charge in [-0.2, -0.15) is 0 Å². The topological polar surface area (TPSA) is 76.7 Å². The molecule has 0 saturated heterocycles. The normalized spacial score (nSPS) is 10.9. The van der Waals surface area contributed by atoms with Crippen LogP contribution in [0.25, 0.3) is 0 Å². The fourth-order valence-corrected chi connectivity index (χ4v) is 3.25. The van der Waals surface area contributed by atoms with Crippen molar-refractivity contribution in [2.24, 2.45) is 0 Å². The van der Waals surface area contributed by atoms with Gasteiger partial charge in [0.1, 0.15) is 22.8 Å². The highest BCUT2D eigenvalue weighted by Crippen LogP contribution is 2.32. The van der Waals surface area contributed by atoms with Crippen molar-refractivity contribution in [3.63, 3.8) is 0 Å². The molecular weight excluding hydrogens is 463 g/mol. The first-order valence-electron chi connectivity index (χ1n) is 10.1. The van der Waals surface area contributed by atoms with Crippen molar-refractivity contribution in [2.75, 3.05) is 7.11 Å². The van der Waals surface area contributed by atoms with Gasteiger partial charge in [0.25, 0.3) is 5.91 Å². The molecule has 2 amide bonds. The number of hydrogen-bond donors (Lipinski definition) is 2. The molecule has 2 N–H and O–H groups in total. The van der Waals surface area contributed by atoms with Crippen LogP contribution in [0.3, 0.4) is 0 Å². The molecule has 0 aliphatic heterocycles. The van der Waals surface area contributed by atoms with Crippen LogP contribution in [0.1, 0.15) is 29.8 Å². The molecule has 0 aliphatic carbocycles. The Hall–Kier alpha value is -3.22. The number of benzene rings is 3. The van der Waals surface area contributed by atoms with Crippen LogP contribution in [0.5, 0.6) is 17.2 Å². The van der Waals surface area contributed by atoms with Gasteiger partial charge >= 0.3 is 0 Å². The van der Waals surface area contributed by atoms with Crippen LogP contribution in [0.4, 0.5) is 0 Å². The Morgan fingerprint density at radius 2 is 1.55 bits per heavy atom. The maximum absolute atomic E-state index is 12.7. The maximum Gasteiger partial charge on any atom is 0.252 e. The van der Waals surface area contributed by atoms with E-state index in [-0.39, 0.29) is 11.8 Å². The molecular formula is C25H24Cl2N2O4. The zero-order chi connectivity index (χ0) is 24.0. The summed E-state index contributed by atoms with van der Waals surface area (Å²) in [5, 5.41) is 6.56. The van der Waals surface area contributed by atoms with Gasteiger partial charge in [0.15, 0.2) is 0 Å². The SMILES string of the molecule is COc1ccc(Oc2ccc(CNC(=O)C(C)(C)NC(=O)c3ccc(Cl)cc3)cc2)c(Cl)c1. The third kappa shape index (κ3) is 6.63. The summed E-state index contributed by atoms with van der Waals surface area (Å²) in [6, 6.07) is 18.9. The number of rotatable bonds is 8. The Morgan fingerprint density at radius 1 is 0.909 bits per heavy atom. The first-order valence-corrected chi connectivity index (χ1v) is 10.9. The lowest BCUT2D eigenvalue weighted by Crippen LogP contribution is -2.54. The number of carbonyl (C=O) groups excluding carboxylic acids is 2. The zero-order valence-corrected chi connectivity index (χ0v) is 20.0. The lowest BCUT2D eigenvalue weighted by molar-refractivity contribution is -0.126. The summed E-state index contributed by atoms with van der Waals surface area (Å²) in [6.07, 6.45) is 0. The quantitative estimate of drug-likeness (QED) is 0.433. The number of ether oxygens (including phenoxy) is 2. The van der Waals surface area contributed by atoms with E-state index >= 15 is 0 Å². The van der Waals surface area contributed by atoms with E-state index in [9.17, 15) is 9.59 Å². The monoisotopic (exact) mass is 486 g/mol. The maximum atomic E-state index is 12.7. The molecule has 0 atom stereocenters. The predicted molar refractivity (Wildman–Crippen MR) is 129 cm³/mol. The van der Waals surface area contributed by atoms with Crippen LogP contribution in [-0.4, -0.2) is 24.5 Å². The minimum Gasteiger partial charge on any atom is -0.497 e. The lowest BCUT2D eigenvalue weighted by atomic mass is 10.0. The first-order chi connectivity index (χ1) is 15.7. The van der Waals surface area contributed by atoms with E-state index in [1.54, 1.807) is 75.6 Å². The molecule has 0 bridgehead atoms. The largest absolute Gasteiger partial charge is 0.497 e. The lowest BCUT2D eigenvalue weighted by Gasteiger charge is -2.25. The van der Waals surface area contributed by atoms with E-state index in [0.717, 1.165) is 5.56 Å². The molecule has 0 aliphatic rings. The number of nitrogens with one attached hydrogen (secondary N) is 2. The Labute approximate surface area is 202 Å². The molecule has 0 fully saturated rings. The summed E-state index contributed by atoms with van der Waals surface area (Å²) in [5.41, 5.74) is 0.189. The average molecular weight is 487 g/mol. The van der Waals surface area contributed by atoms with Crippen molar-refractivity contribution < 1.29 is 19.1 Å². The molecule has 0 heterocycles. The summed E-state index contributed by atoms with van der Waals surface area (Å²) >= 11 is 12.1. The molecule has 3 aromatic rings. The molecule has 3 rings (SSSR count). The fraction of sp³-hybridized carbons (Fsp3) is 0.200. The number of hydrogen-bond acceptors (Lipinski definition) is 4. The summed E-state index contributed by atoms with van der Waals surface area (Å²) in [5.74, 6) is 1.09. The van der Waals surface area contributed by atoms with Crippen LogP contribution in [0, 0.1) is 0 Å². The van der Waals surface area contributed by atoms with Crippen LogP contribution in [0.2, 0.25) is 10.0 Å². The van der Waals surface area contributed by atoms with Crippen molar-refractivity contribution in [2.45, 2.75) is 25.9 Å². The molecule has 0 spiro atoms. The van der Waals surface area contributed by atoms with Crippen LogP contribution in [-0.2, 0) is 11.3 Å². The van der Waals surface area contributed by atoms with Gasteiger partial charge in [-0.15, -0.1) is 0 Å². The summed E-state index contributed by atoms with van der Waals surface area (Å²) in [6.45, 7) is 3.58. The molecule has 0 aromatic heterocycles. The highest BCUT2D eigenvalue weighted by Gasteiger charge is 2.29. The Morgan fingerprint density at radius 3 is 2.15 bits per heavy atom. The fourth-order valence-electron chi connectivity index (χ4n) is 2.91. The second kappa shape index (κ2) is 10.6. The Kier molecular flexibility index (Phi) is 7.84. The predicted octanol–water partition coefficient (Wildman–Crippen LogP) is 5.62. The summed E-state index contributed by atoms with van der Waals surface area (Å²) in [4.78, 5) is 25.1. The van der Waals surface area contributed by atoms with E-state index in [1.165, 1.54) is 0 Å². The van der Waals surface area contributed by atoms with Gasteiger partial charge in [-0.05, 0) is 67.9 Å². The van der Waals surface area contributed by atoms with Crippen molar-refractivity contribution in [1.29, 1.82) is 0 Å². The summed E-state index contributed by atoms with van der Waals surface area (Å²) < 4.78 is 10.9. The third-order valence-corrected chi connectivity index (χ3v) is 5.39. The van der Waals surface area contributed by atoms with E-state index in [1.807, 2.05) is 12.1 Å². The highest BCUT2D eigenvalue weighted by atomic mass is 35.5. The molecule has 0 saturated carbocycles. The average Bonchev–Trinajstić information content (AvgIpc) is 2.79. The van der Waals surface area contributed by atoms with Gasteiger partial charge in [0.05, 0.1) is 12.1 Å². The molecule has 0 unspecified atom stereocenters. The van der Waals surface area contributed by atoms with E-state index < -0.39 is 5.54 Å². The standard InChI is InChI=1S/C25H24Cl2N2O4/c1-25(2,29-23(30)17-6-8-18(26)9-7-17)24(31)28-15-16-4-10-19(11-5-16)33-22-13-12-20(32-3)14-21(22)27/h4-14H,15H2,1-3H3,(H,28,31)(H,29,30). The molecule has 172 valence electrons. The Balaban J connectivity index is 1.55. The van der Waals surface area contributed by atoms with Gasteiger partial charge < -0.3 is 20.1 Å². The van der Waals surface area contributed by atoms with E-state index in [4.69, 9.17) is 32.7 Å².